The van der Waals surface area contributed by atoms with Crippen molar-refractivity contribution in [3.63, 3.8) is 0 Å². The summed E-state index contributed by atoms with van der Waals surface area (Å²) in [5, 5.41) is 10.0. The molecule has 0 aliphatic carbocycles. The summed E-state index contributed by atoms with van der Waals surface area (Å²) in [6, 6.07) is 7.49. The van der Waals surface area contributed by atoms with Crippen LogP contribution in [0.1, 0.15) is 18.2 Å². The summed E-state index contributed by atoms with van der Waals surface area (Å²) in [4.78, 5) is 14.8. The van der Waals surface area contributed by atoms with E-state index in [1.165, 1.54) is 0 Å². The Hall–Kier alpha value is -2.70. The number of aromatic amines is 1. The van der Waals surface area contributed by atoms with E-state index in [-0.39, 0.29) is 0 Å². The van der Waals surface area contributed by atoms with Crippen LogP contribution < -0.4 is 15.9 Å². The van der Waals surface area contributed by atoms with Crippen molar-refractivity contribution in [2.24, 2.45) is 5.10 Å². The van der Waals surface area contributed by atoms with Gasteiger partial charge in [0.25, 0.3) is 0 Å². The Labute approximate surface area is 115 Å². The first kappa shape index (κ1) is 13.7. The van der Waals surface area contributed by atoms with Gasteiger partial charge < -0.3 is 4.74 Å². The van der Waals surface area contributed by atoms with Gasteiger partial charge in [0.2, 0.25) is 0 Å². The highest BCUT2D eigenvalue weighted by Crippen LogP contribution is 2.11. The van der Waals surface area contributed by atoms with Crippen LogP contribution in [0, 0.1) is 6.92 Å². The number of nitrogens with one attached hydrogen (secondary N) is 2. The van der Waals surface area contributed by atoms with E-state index in [9.17, 15) is 4.79 Å². The molecule has 20 heavy (non-hydrogen) atoms. The number of ether oxygens (including phenoxy) is 1. The van der Waals surface area contributed by atoms with Crippen LogP contribution in [0.25, 0.3) is 0 Å². The van der Waals surface area contributed by atoms with Gasteiger partial charge in [-0.15, -0.1) is 0 Å². The highest BCUT2D eigenvalue weighted by atomic mass is 16.5. The van der Waals surface area contributed by atoms with Gasteiger partial charge in [0.1, 0.15) is 11.4 Å². The quantitative estimate of drug-likeness (QED) is 0.633. The Balaban J connectivity index is 2.02. The topological polar surface area (TPSA) is 92.3 Å². The molecule has 2 N–H and O–H groups in total. The first-order valence-electron chi connectivity index (χ1n) is 6.14. The van der Waals surface area contributed by atoms with Crippen LogP contribution in [0.5, 0.6) is 5.75 Å². The summed E-state index contributed by atoms with van der Waals surface area (Å²) >= 11 is 0. The largest absolute Gasteiger partial charge is 0.494 e. The molecule has 0 aliphatic rings. The predicted octanol–water partition coefficient (Wildman–Crippen LogP) is 1.32. The number of hydrogen-bond acceptors (Lipinski definition) is 6. The average molecular weight is 273 g/mol. The molecule has 1 aromatic heterocycles. The van der Waals surface area contributed by atoms with E-state index in [1.54, 1.807) is 13.1 Å². The SMILES string of the molecule is CCOc1ccc(C=NNc2nc(=O)[nH]nc2C)cc1. The lowest BCUT2D eigenvalue weighted by atomic mass is 10.2. The van der Waals surface area contributed by atoms with E-state index in [4.69, 9.17) is 4.74 Å². The van der Waals surface area contributed by atoms with Crippen molar-refractivity contribution in [2.75, 3.05) is 12.0 Å². The number of hydrogen-bond donors (Lipinski definition) is 2. The molecular weight excluding hydrogens is 258 g/mol. The molecule has 0 saturated heterocycles. The van der Waals surface area contributed by atoms with Gasteiger partial charge in [-0.25, -0.2) is 9.89 Å². The minimum Gasteiger partial charge on any atom is -0.494 e. The Morgan fingerprint density at radius 3 is 2.85 bits per heavy atom. The molecule has 7 nitrogen and oxygen atoms in total. The molecule has 7 heteroatoms. The standard InChI is InChI=1S/C13H15N5O2/c1-3-20-11-6-4-10(5-7-11)8-14-17-12-9(2)16-18-13(19)15-12/h4-8H,3H2,1-2H3,(H2,15,17,18,19). The maximum absolute atomic E-state index is 11.0. The second kappa shape index (κ2) is 6.46. The lowest BCUT2D eigenvalue weighted by molar-refractivity contribution is 0.340. The molecule has 2 aromatic rings. The number of nitrogens with zero attached hydrogens (tertiary/aromatic N) is 3. The minimum absolute atomic E-state index is 0.330. The van der Waals surface area contributed by atoms with Gasteiger partial charge in [-0.05, 0) is 43.7 Å². The second-order valence-electron chi connectivity index (χ2n) is 3.95. The second-order valence-corrected chi connectivity index (χ2v) is 3.95. The van der Waals surface area contributed by atoms with Crippen molar-refractivity contribution in [3.05, 3.63) is 46.0 Å². The van der Waals surface area contributed by atoms with Gasteiger partial charge in [0.15, 0.2) is 5.82 Å². The smallest absolute Gasteiger partial charge is 0.363 e. The summed E-state index contributed by atoms with van der Waals surface area (Å²) in [7, 11) is 0. The fourth-order valence-electron chi connectivity index (χ4n) is 1.48. The molecule has 0 radical (unpaired) electrons. The van der Waals surface area contributed by atoms with Gasteiger partial charge in [-0.2, -0.15) is 15.2 Å². The van der Waals surface area contributed by atoms with Crippen LogP contribution in [0.2, 0.25) is 0 Å². The van der Waals surface area contributed by atoms with Gasteiger partial charge in [-0.1, -0.05) is 0 Å². The Bertz CT molecular complexity index is 649. The maximum Gasteiger partial charge on any atom is 0.363 e. The molecule has 104 valence electrons. The molecule has 0 saturated carbocycles. The summed E-state index contributed by atoms with van der Waals surface area (Å²) < 4.78 is 5.35. The van der Waals surface area contributed by atoms with Crippen LogP contribution in [-0.4, -0.2) is 28.0 Å². The number of anilines is 1. The van der Waals surface area contributed by atoms with Crippen molar-refractivity contribution >= 4 is 12.0 Å². The molecule has 0 atom stereocenters. The number of rotatable bonds is 5. The zero-order valence-electron chi connectivity index (χ0n) is 11.3. The molecule has 2 rings (SSSR count). The Morgan fingerprint density at radius 1 is 1.40 bits per heavy atom. The van der Waals surface area contributed by atoms with Gasteiger partial charge >= 0.3 is 5.69 Å². The normalized spacial score (nSPS) is 10.7. The van der Waals surface area contributed by atoms with E-state index in [1.807, 2.05) is 31.2 Å². The first-order chi connectivity index (χ1) is 9.69. The Kier molecular flexibility index (Phi) is 4.43. The van der Waals surface area contributed by atoms with E-state index >= 15 is 0 Å². The number of H-pyrrole nitrogens is 1. The molecular formula is C13H15N5O2. The zero-order chi connectivity index (χ0) is 14.4. The van der Waals surface area contributed by atoms with Crippen LogP contribution >= 0.6 is 0 Å². The Morgan fingerprint density at radius 2 is 2.15 bits per heavy atom. The summed E-state index contributed by atoms with van der Waals surface area (Å²) in [5.74, 6) is 1.14. The number of hydrazone groups is 1. The fraction of sp³-hybridized carbons (Fsp3) is 0.231. The molecule has 1 heterocycles. The summed E-state index contributed by atoms with van der Waals surface area (Å²) in [5.41, 5.74) is 3.63. The van der Waals surface area contributed by atoms with E-state index in [0.29, 0.717) is 18.1 Å². The highest BCUT2D eigenvalue weighted by Gasteiger charge is 2.00. The predicted molar refractivity (Wildman–Crippen MR) is 76.2 cm³/mol. The van der Waals surface area contributed by atoms with Gasteiger partial charge in [0, 0.05) is 0 Å². The van der Waals surface area contributed by atoms with Crippen LogP contribution in [-0.2, 0) is 0 Å². The number of aryl methyl sites for hydroxylation is 1. The lowest BCUT2D eigenvalue weighted by Crippen LogP contribution is -2.15. The van der Waals surface area contributed by atoms with Gasteiger partial charge in [0.05, 0.1) is 12.8 Å². The van der Waals surface area contributed by atoms with Crippen LogP contribution in [0.4, 0.5) is 5.82 Å². The van der Waals surface area contributed by atoms with Crippen molar-refractivity contribution in [1.82, 2.24) is 15.2 Å². The minimum atomic E-state index is -0.519. The van der Waals surface area contributed by atoms with E-state index in [0.717, 1.165) is 11.3 Å². The highest BCUT2D eigenvalue weighted by molar-refractivity contribution is 5.80. The van der Waals surface area contributed by atoms with E-state index in [2.05, 4.69) is 25.7 Å². The third kappa shape index (κ3) is 3.64. The zero-order valence-corrected chi connectivity index (χ0v) is 11.3. The first-order valence-corrected chi connectivity index (χ1v) is 6.14. The van der Waals surface area contributed by atoms with E-state index < -0.39 is 5.69 Å². The summed E-state index contributed by atoms with van der Waals surface area (Å²) in [6.07, 6.45) is 1.62. The molecule has 0 fully saturated rings. The van der Waals surface area contributed by atoms with Crippen molar-refractivity contribution in [2.45, 2.75) is 13.8 Å². The van der Waals surface area contributed by atoms with Crippen LogP contribution in [0.3, 0.4) is 0 Å². The van der Waals surface area contributed by atoms with Crippen LogP contribution in [0.15, 0.2) is 34.2 Å². The third-order valence-corrected chi connectivity index (χ3v) is 2.45. The average Bonchev–Trinajstić information content (AvgIpc) is 2.45. The molecule has 0 spiro atoms. The number of benzene rings is 1. The number of aromatic nitrogens is 3. The van der Waals surface area contributed by atoms with Crippen molar-refractivity contribution in [1.29, 1.82) is 0 Å². The monoisotopic (exact) mass is 273 g/mol. The van der Waals surface area contributed by atoms with Crippen molar-refractivity contribution < 1.29 is 4.74 Å². The molecule has 0 amide bonds. The summed E-state index contributed by atoms with van der Waals surface area (Å²) in [6.45, 7) is 4.29. The molecule has 0 aliphatic heterocycles. The van der Waals surface area contributed by atoms with Crippen molar-refractivity contribution in [3.8, 4) is 5.75 Å². The fourth-order valence-corrected chi connectivity index (χ4v) is 1.48. The maximum atomic E-state index is 11.0. The third-order valence-electron chi connectivity index (χ3n) is 2.45. The lowest BCUT2D eigenvalue weighted by Gasteiger charge is -2.02. The molecule has 0 unspecified atom stereocenters. The molecule has 1 aromatic carbocycles. The molecule has 0 bridgehead atoms. The van der Waals surface area contributed by atoms with Gasteiger partial charge in [-0.3, -0.25) is 5.43 Å².